The second-order valence-electron chi connectivity index (χ2n) is 12.0. The van der Waals surface area contributed by atoms with Crippen LogP contribution in [0.5, 0.6) is 0 Å². The summed E-state index contributed by atoms with van der Waals surface area (Å²) < 4.78 is 36.4. The van der Waals surface area contributed by atoms with Crippen molar-refractivity contribution in [2.45, 2.75) is 77.9 Å². The van der Waals surface area contributed by atoms with E-state index in [1.54, 1.807) is 12.3 Å². The van der Waals surface area contributed by atoms with Crippen LogP contribution in [0, 0.1) is 11.3 Å². The van der Waals surface area contributed by atoms with Gasteiger partial charge in [-0.2, -0.15) is 10.2 Å². The monoisotopic (exact) mass is 573 g/mol. The third kappa shape index (κ3) is 6.34. The van der Waals surface area contributed by atoms with E-state index >= 15 is 0 Å². The number of amides is 1. The molecular formula is C28H37F2N7O4. The first kappa shape index (κ1) is 28.9. The Balaban J connectivity index is 1.33. The molecule has 222 valence electrons. The number of nitrogens with one attached hydrogen (secondary N) is 1. The predicted molar refractivity (Wildman–Crippen MR) is 147 cm³/mol. The van der Waals surface area contributed by atoms with Gasteiger partial charge in [0.05, 0.1) is 29.9 Å². The molecule has 2 aliphatic rings. The summed E-state index contributed by atoms with van der Waals surface area (Å²) in [7, 11) is 0. The lowest BCUT2D eigenvalue weighted by Gasteiger charge is -2.34. The van der Waals surface area contributed by atoms with Gasteiger partial charge < -0.3 is 20.1 Å². The molecule has 3 aromatic rings. The van der Waals surface area contributed by atoms with E-state index < -0.39 is 23.4 Å². The number of fused-ring (bicyclic) bond motifs is 1. The topological polar surface area (TPSA) is 127 Å². The zero-order valence-electron chi connectivity index (χ0n) is 23.6. The lowest BCUT2D eigenvalue weighted by molar-refractivity contribution is -0.158. The van der Waals surface area contributed by atoms with Crippen molar-refractivity contribution in [1.29, 1.82) is 0 Å². The minimum absolute atomic E-state index is 0.0516. The van der Waals surface area contributed by atoms with Crippen LogP contribution >= 0.6 is 0 Å². The Morgan fingerprint density at radius 3 is 2.63 bits per heavy atom. The number of carbonyl (C=O) groups is 2. The number of esters is 1. The van der Waals surface area contributed by atoms with Crippen LogP contribution in [0.1, 0.15) is 87.8 Å². The number of ether oxygens (including phenoxy) is 1. The minimum Gasteiger partial charge on any atom is -0.460 e. The third-order valence-corrected chi connectivity index (χ3v) is 7.85. The van der Waals surface area contributed by atoms with Crippen molar-refractivity contribution in [2.24, 2.45) is 11.3 Å². The molecule has 0 unspecified atom stereocenters. The second kappa shape index (κ2) is 11.7. The Morgan fingerprint density at radius 2 is 1.95 bits per heavy atom. The molecule has 0 bridgehead atoms. The number of aliphatic hydroxyl groups is 1. The van der Waals surface area contributed by atoms with Gasteiger partial charge in [-0.3, -0.25) is 14.3 Å². The van der Waals surface area contributed by atoms with Gasteiger partial charge in [0, 0.05) is 25.5 Å². The number of aliphatic hydroxyl groups excluding tert-OH is 1. The van der Waals surface area contributed by atoms with Crippen LogP contribution in [0.3, 0.4) is 0 Å². The summed E-state index contributed by atoms with van der Waals surface area (Å²) in [5.41, 5.74) is -0.723. The van der Waals surface area contributed by atoms with Crippen molar-refractivity contribution in [1.82, 2.24) is 24.4 Å². The number of alkyl halides is 2. The first-order valence-electron chi connectivity index (χ1n) is 14.1. The zero-order valence-corrected chi connectivity index (χ0v) is 23.6. The molecule has 1 atom stereocenters. The highest BCUT2D eigenvalue weighted by Crippen LogP contribution is 2.35. The number of aromatic nitrogens is 5. The van der Waals surface area contributed by atoms with Crippen molar-refractivity contribution < 1.29 is 28.2 Å². The summed E-state index contributed by atoms with van der Waals surface area (Å²) in [6.07, 6.45) is 5.94. The summed E-state index contributed by atoms with van der Waals surface area (Å²) in [6.45, 7) is 6.74. The maximum atomic E-state index is 13.9. The molecule has 5 rings (SSSR count). The Hall–Kier alpha value is -3.61. The Bertz CT molecular complexity index is 1390. The summed E-state index contributed by atoms with van der Waals surface area (Å²) in [4.78, 5) is 32.4. The molecule has 1 aliphatic carbocycles. The van der Waals surface area contributed by atoms with Crippen molar-refractivity contribution in [3.05, 3.63) is 35.9 Å². The Morgan fingerprint density at radius 1 is 1.20 bits per heavy atom. The first-order valence-corrected chi connectivity index (χ1v) is 14.1. The van der Waals surface area contributed by atoms with Crippen LogP contribution in [0.15, 0.2) is 24.7 Å². The summed E-state index contributed by atoms with van der Waals surface area (Å²) in [6, 6.07) is 1.71. The van der Waals surface area contributed by atoms with Gasteiger partial charge >= 0.3 is 5.97 Å². The molecule has 13 heteroatoms. The fourth-order valence-electron chi connectivity index (χ4n) is 5.40. The van der Waals surface area contributed by atoms with Crippen molar-refractivity contribution in [2.75, 3.05) is 29.9 Å². The molecule has 41 heavy (non-hydrogen) atoms. The van der Waals surface area contributed by atoms with Crippen LogP contribution < -0.4 is 10.2 Å². The lowest BCUT2D eigenvalue weighted by Crippen LogP contribution is -2.42. The first-order chi connectivity index (χ1) is 19.5. The summed E-state index contributed by atoms with van der Waals surface area (Å²) in [5.74, 6) is -0.0569. The van der Waals surface area contributed by atoms with Gasteiger partial charge in [-0.05, 0) is 71.3 Å². The fraction of sp³-hybridized carbons (Fsp3) is 0.607. The molecule has 1 aliphatic heterocycles. The van der Waals surface area contributed by atoms with E-state index in [2.05, 4.69) is 20.5 Å². The van der Waals surface area contributed by atoms with Crippen molar-refractivity contribution in [3.8, 4) is 0 Å². The molecule has 1 saturated heterocycles. The fourth-order valence-corrected chi connectivity index (χ4v) is 5.40. The average Bonchev–Trinajstić information content (AvgIpc) is 3.57. The highest BCUT2D eigenvalue weighted by molar-refractivity contribution is 6.08. The number of hydrogen-bond acceptors (Lipinski definition) is 8. The van der Waals surface area contributed by atoms with Gasteiger partial charge in [-0.15, -0.1) is 0 Å². The lowest BCUT2D eigenvalue weighted by atomic mass is 9.87. The third-order valence-electron chi connectivity index (χ3n) is 7.85. The molecule has 1 saturated carbocycles. The van der Waals surface area contributed by atoms with E-state index in [1.165, 1.54) is 21.6 Å². The van der Waals surface area contributed by atoms with Crippen molar-refractivity contribution >= 4 is 29.0 Å². The quantitative estimate of drug-likeness (QED) is 0.399. The molecule has 2 fully saturated rings. The molecule has 1 amide bonds. The second-order valence-corrected chi connectivity index (χ2v) is 12.0. The predicted octanol–water partition coefficient (Wildman–Crippen LogP) is 4.40. The summed E-state index contributed by atoms with van der Waals surface area (Å²) in [5, 5.41) is 20.3. The number of hydrogen-bond donors (Lipinski definition) is 2. The molecule has 11 nitrogen and oxygen atoms in total. The largest absolute Gasteiger partial charge is 0.460 e. The highest BCUT2D eigenvalue weighted by atomic mass is 19.3. The summed E-state index contributed by atoms with van der Waals surface area (Å²) >= 11 is 0. The van der Waals surface area contributed by atoms with Crippen LogP contribution in [-0.2, 0) is 9.53 Å². The molecule has 4 heterocycles. The molecule has 3 aromatic heterocycles. The molecule has 0 spiro atoms. The standard InChI is InChI=1S/C28H37F2N7O4/c1-28(2,3)27(40)41-19-5-4-11-35(14-19)22-10-12-36-25(33-22)20(13-31-36)26(39)32-21-15-37(34-23(21)24(29)30)18-8-6-17(16-38)7-9-18/h10,12-13,15,17-19,24,38H,4-9,11,14,16H2,1-3H3,(H,32,39)/t17?,18?,19-/m0/s1. The Kier molecular flexibility index (Phi) is 8.25. The zero-order chi connectivity index (χ0) is 29.3. The van der Waals surface area contributed by atoms with Crippen LogP contribution in [0.25, 0.3) is 5.65 Å². The minimum atomic E-state index is -2.87. The SMILES string of the molecule is CC(C)(C)C(=O)O[C@H]1CCCN(c2ccn3ncc(C(=O)Nc4cn(C5CCC(CO)CC5)nc4C(F)F)c3n2)C1. The van der Waals surface area contributed by atoms with Gasteiger partial charge in [-0.1, -0.05) is 0 Å². The van der Waals surface area contributed by atoms with Gasteiger partial charge in [-0.25, -0.2) is 18.3 Å². The van der Waals surface area contributed by atoms with Gasteiger partial charge in [0.2, 0.25) is 0 Å². The maximum absolute atomic E-state index is 13.9. The van der Waals surface area contributed by atoms with E-state index in [1.807, 2.05) is 25.7 Å². The van der Waals surface area contributed by atoms with E-state index in [0.717, 1.165) is 38.5 Å². The van der Waals surface area contributed by atoms with E-state index in [0.29, 0.717) is 18.9 Å². The van der Waals surface area contributed by atoms with Crippen LogP contribution in [0.2, 0.25) is 0 Å². The van der Waals surface area contributed by atoms with Gasteiger partial charge in [0.1, 0.15) is 17.5 Å². The molecule has 2 N–H and O–H groups in total. The number of anilines is 2. The maximum Gasteiger partial charge on any atom is 0.311 e. The van der Waals surface area contributed by atoms with Gasteiger partial charge in [0.15, 0.2) is 11.3 Å². The van der Waals surface area contributed by atoms with Crippen LogP contribution in [-0.4, -0.2) is 67.2 Å². The van der Waals surface area contributed by atoms with E-state index in [9.17, 15) is 23.5 Å². The van der Waals surface area contributed by atoms with E-state index in [-0.39, 0.29) is 47.5 Å². The normalized spacial score (nSPS) is 21.8. The molecular weight excluding hydrogens is 536 g/mol. The number of carbonyl (C=O) groups excluding carboxylic acids is 2. The molecule has 0 aromatic carbocycles. The smallest absolute Gasteiger partial charge is 0.311 e. The number of halogens is 2. The van der Waals surface area contributed by atoms with Gasteiger partial charge in [0.25, 0.3) is 12.3 Å². The number of nitrogens with zero attached hydrogens (tertiary/aromatic N) is 6. The van der Waals surface area contributed by atoms with Crippen LogP contribution in [0.4, 0.5) is 20.3 Å². The molecule has 0 radical (unpaired) electrons. The van der Waals surface area contributed by atoms with E-state index in [4.69, 9.17) is 4.74 Å². The average molecular weight is 574 g/mol. The Labute approximate surface area is 236 Å². The number of piperidine rings is 1. The number of rotatable bonds is 7. The van der Waals surface area contributed by atoms with Crippen molar-refractivity contribution in [3.63, 3.8) is 0 Å². The highest BCUT2D eigenvalue weighted by Gasteiger charge is 2.31.